The van der Waals surface area contributed by atoms with Gasteiger partial charge in [0.1, 0.15) is 11.5 Å². The summed E-state index contributed by atoms with van der Waals surface area (Å²) < 4.78 is 43.2. The van der Waals surface area contributed by atoms with E-state index in [2.05, 4.69) is 26.7 Å². The van der Waals surface area contributed by atoms with Crippen molar-refractivity contribution in [1.29, 1.82) is 0 Å². The zero-order valence-electron chi connectivity index (χ0n) is 12.5. The summed E-state index contributed by atoms with van der Waals surface area (Å²) in [5.41, 5.74) is -0.560. The first-order chi connectivity index (χ1) is 11.8. The smallest absolute Gasteiger partial charge is 0.433 e. The number of hydrogen-bond donors (Lipinski definition) is 2. The molecule has 130 valence electrons. The number of nitrogens with zero attached hydrogens (tertiary/aromatic N) is 3. The molecule has 0 spiro atoms. The van der Waals surface area contributed by atoms with E-state index in [9.17, 15) is 13.2 Å². The second-order valence-electron chi connectivity index (χ2n) is 4.93. The second kappa shape index (κ2) is 6.63. The maximum Gasteiger partial charge on any atom is 0.433 e. The lowest BCUT2D eigenvalue weighted by Gasteiger charge is -2.05. The maximum absolute atomic E-state index is 12.5. The standard InChI is InChI=1S/C15H11F3N4O2S/c1-8(23)7-25-14-20-13(21-22-14)11-4-3-10(24-11)9-2-5-12(19-6-9)15(16,17)18/h2-6,23H,1,7H2,(H,20,21,22). The zero-order valence-corrected chi connectivity index (χ0v) is 13.4. The van der Waals surface area contributed by atoms with Gasteiger partial charge in [0.15, 0.2) is 16.7 Å². The van der Waals surface area contributed by atoms with Crippen LogP contribution >= 0.6 is 11.8 Å². The number of alkyl halides is 3. The lowest BCUT2D eigenvalue weighted by molar-refractivity contribution is -0.141. The number of pyridine rings is 1. The van der Waals surface area contributed by atoms with Crippen molar-refractivity contribution in [3.63, 3.8) is 0 Å². The van der Waals surface area contributed by atoms with Crippen molar-refractivity contribution in [1.82, 2.24) is 20.2 Å². The largest absolute Gasteiger partial charge is 0.512 e. The van der Waals surface area contributed by atoms with Crippen LogP contribution in [0, 0.1) is 0 Å². The van der Waals surface area contributed by atoms with Crippen molar-refractivity contribution in [2.24, 2.45) is 0 Å². The first-order valence-corrected chi connectivity index (χ1v) is 7.87. The highest BCUT2D eigenvalue weighted by atomic mass is 32.2. The van der Waals surface area contributed by atoms with Gasteiger partial charge in [-0.1, -0.05) is 18.3 Å². The molecule has 3 aromatic rings. The normalized spacial score (nSPS) is 11.6. The van der Waals surface area contributed by atoms with Gasteiger partial charge >= 0.3 is 6.18 Å². The Balaban J connectivity index is 1.77. The molecule has 0 aliphatic heterocycles. The van der Waals surface area contributed by atoms with Crippen LogP contribution in [-0.2, 0) is 6.18 Å². The molecule has 6 nitrogen and oxygen atoms in total. The molecule has 3 rings (SSSR count). The highest BCUT2D eigenvalue weighted by Crippen LogP contribution is 2.31. The van der Waals surface area contributed by atoms with Gasteiger partial charge in [0, 0.05) is 11.8 Å². The van der Waals surface area contributed by atoms with Gasteiger partial charge in [0.05, 0.1) is 11.5 Å². The summed E-state index contributed by atoms with van der Waals surface area (Å²) in [7, 11) is 0. The van der Waals surface area contributed by atoms with E-state index in [0.29, 0.717) is 28.1 Å². The molecule has 25 heavy (non-hydrogen) atoms. The number of hydrogen-bond acceptors (Lipinski definition) is 6. The van der Waals surface area contributed by atoms with E-state index in [1.54, 1.807) is 12.1 Å². The number of H-pyrrole nitrogens is 1. The minimum atomic E-state index is -4.49. The van der Waals surface area contributed by atoms with Crippen molar-refractivity contribution < 1.29 is 22.7 Å². The lowest BCUT2D eigenvalue weighted by Crippen LogP contribution is -2.07. The van der Waals surface area contributed by atoms with E-state index in [0.717, 1.165) is 12.3 Å². The van der Waals surface area contributed by atoms with Gasteiger partial charge in [0.2, 0.25) is 0 Å². The molecule has 0 unspecified atom stereocenters. The third-order valence-corrected chi connectivity index (χ3v) is 3.95. The topological polar surface area (TPSA) is 87.8 Å². The van der Waals surface area contributed by atoms with Crippen LogP contribution in [-0.4, -0.2) is 31.0 Å². The molecule has 0 saturated carbocycles. The van der Waals surface area contributed by atoms with Crippen LogP contribution in [0.25, 0.3) is 22.9 Å². The molecule has 0 atom stereocenters. The van der Waals surface area contributed by atoms with Crippen LogP contribution in [0.4, 0.5) is 13.2 Å². The van der Waals surface area contributed by atoms with Crippen LogP contribution in [0.5, 0.6) is 0 Å². The van der Waals surface area contributed by atoms with Gasteiger partial charge in [-0.3, -0.25) is 4.98 Å². The second-order valence-corrected chi connectivity index (χ2v) is 5.89. The van der Waals surface area contributed by atoms with Crippen molar-refractivity contribution >= 4 is 11.8 Å². The Morgan fingerprint density at radius 3 is 2.60 bits per heavy atom. The number of furan rings is 1. The number of aromatic nitrogens is 4. The Kier molecular flexibility index (Phi) is 4.53. The van der Waals surface area contributed by atoms with Crippen LogP contribution < -0.4 is 0 Å². The van der Waals surface area contributed by atoms with Crippen molar-refractivity contribution in [2.75, 3.05) is 5.75 Å². The van der Waals surface area contributed by atoms with Gasteiger partial charge in [-0.25, -0.2) is 0 Å². The predicted molar refractivity (Wildman–Crippen MR) is 84.8 cm³/mol. The molecule has 0 radical (unpaired) electrons. The van der Waals surface area contributed by atoms with E-state index in [4.69, 9.17) is 9.52 Å². The summed E-state index contributed by atoms with van der Waals surface area (Å²) in [6, 6.07) is 5.40. The van der Waals surface area contributed by atoms with Crippen molar-refractivity contribution in [2.45, 2.75) is 11.3 Å². The van der Waals surface area contributed by atoms with E-state index in [1.165, 1.54) is 17.8 Å². The molecule has 0 amide bonds. The third kappa shape index (κ3) is 4.02. The Bertz CT molecular complexity index is 887. The number of aromatic amines is 1. The first-order valence-electron chi connectivity index (χ1n) is 6.89. The molecule has 0 saturated heterocycles. The van der Waals surface area contributed by atoms with Gasteiger partial charge in [-0.2, -0.15) is 13.2 Å². The van der Waals surface area contributed by atoms with E-state index >= 15 is 0 Å². The highest BCUT2D eigenvalue weighted by molar-refractivity contribution is 7.99. The molecule has 0 bridgehead atoms. The number of thioether (sulfide) groups is 1. The molecule has 2 N–H and O–H groups in total. The number of aliphatic hydroxyl groups is 1. The van der Waals surface area contributed by atoms with Crippen LogP contribution in [0.15, 0.2) is 52.4 Å². The summed E-state index contributed by atoms with van der Waals surface area (Å²) in [5.74, 6) is 1.37. The van der Waals surface area contributed by atoms with Crippen LogP contribution in [0.1, 0.15) is 5.69 Å². The summed E-state index contributed by atoms with van der Waals surface area (Å²) in [6.45, 7) is 3.37. The number of halogens is 3. The minimum Gasteiger partial charge on any atom is -0.512 e. The number of rotatable bonds is 5. The van der Waals surface area contributed by atoms with Gasteiger partial charge in [-0.05, 0) is 24.3 Å². The molecular formula is C15H11F3N4O2S. The summed E-state index contributed by atoms with van der Waals surface area (Å²) in [6.07, 6.45) is -3.39. The molecule has 3 heterocycles. The van der Waals surface area contributed by atoms with Crippen LogP contribution in [0.2, 0.25) is 0 Å². The fraction of sp³-hybridized carbons (Fsp3) is 0.133. The zero-order chi connectivity index (χ0) is 18.0. The van der Waals surface area contributed by atoms with Gasteiger partial charge in [0.25, 0.3) is 0 Å². The van der Waals surface area contributed by atoms with E-state index in [1.807, 2.05) is 0 Å². The monoisotopic (exact) mass is 368 g/mol. The molecule has 0 aliphatic carbocycles. The van der Waals surface area contributed by atoms with E-state index in [-0.39, 0.29) is 11.5 Å². The Morgan fingerprint density at radius 1 is 1.20 bits per heavy atom. The number of aliphatic hydroxyl groups excluding tert-OH is 1. The minimum absolute atomic E-state index is 0.0121. The van der Waals surface area contributed by atoms with Crippen LogP contribution in [0.3, 0.4) is 0 Å². The Labute approximate surface area is 143 Å². The summed E-state index contributed by atoms with van der Waals surface area (Å²) in [4.78, 5) is 6.31. The van der Waals surface area contributed by atoms with Gasteiger partial charge in [-0.15, -0.1) is 10.2 Å². The third-order valence-electron chi connectivity index (χ3n) is 3.02. The molecule has 10 heteroatoms. The highest BCUT2D eigenvalue weighted by Gasteiger charge is 2.32. The van der Waals surface area contributed by atoms with Crippen molar-refractivity contribution in [3.05, 3.63) is 48.5 Å². The molecular weight excluding hydrogens is 357 g/mol. The maximum atomic E-state index is 12.5. The molecule has 3 aromatic heterocycles. The molecule has 0 aliphatic rings. The molecule has 0 aromatic carbocycles. The SMILES string of the molecule is C=C(O)CSc1nnc(-c2ccc(-c3ccc(C(F)(F)F)nc3)o2)[nH]1. The molecule has 0 fully saturated rings. The average Bonchev–Trinajstić information content (AvgIpc) is 3.21. The first kappa shape index (κ1) is 17.1. The van der Waals surface area contributed by atoms with Crippen molar-refractivity contribution in [3.8, 4) is 22.9 Å². The summed E-state index contributed by atoms with van der Waals surface area (Å²) in [5, 5.41) is 17.4. The quantitative estimate of drug-likeness (QED) is 0.515. The Morgan fingerprint density at radius 2 is 1.96 bits per heavy atom. The fourth-order valence-electron chi connectivity index (χ4n) is 1.90. The fourth-order valence-corrected chi connectivity index (χ4v) is 2.47. The average molecular weight is 368 g/mol. The van der Waals surface area contributed by atoms with Gasteiger partial charge < -0.3 is 14.5 Å². The van der Waals surface area contributed by atoms with E-state index < -0.39 is 11.9 Å². The Hall–Kier alpha value is -2.75. The summed E-state index contributed by atoms with van der Waals surface area (Å²) >= 11 is 1.21. The number of nitrogens with one attached hydrogen (secondary N) is 1. The predicted octanol–water partition coefficient (Wildman–Crippen LogP) is 4.31. The lowest BCUT2D eigenvalue weighted by atomic mass is 10.2.